The SMILES string of the molecule is Cc1ccc2c(Cl)cc(Cl)c(OCCN3C(=O)c4ccccc4C3=O)c2n1. The molecule has 136 valence electrons. The van der Waals surface area contributed by atoms with Crippen LogP contribution in [0.3, 0.4) is 0 Å². The van der Waals surface area contributed by atoms with Gasteiger partial charge in [0, 0.05) is 11.1 Å². The Hall–Kier alpha value is -2.63. The van der Waals surface area contributed by atoms with Crippen LogP contribution >= 0.6 is 23.2 Å². The maximum Gasteiger partial charge on any atom is 0.261 e. The van der Waals surface area contributed by atoms with Crippen molar-refractivity contribution in [2.24, 2.45) is 0 Å². The Kier molecular flexibility index (Phi) is 4.50. The number of aryl methyl sites for hydroxylation is 1. The van der Waals surface area contributed by atoms with Gasteiger partial charge in [0.2, 0.25) is 0 Å². The van der Waals surface area contributed by atoms with E-state index >= 15 is 0 Å². The standard InChI is InChI=1S/C20H14Cl2N2O3/c1-11-6-7-14-15(21)10-16(22)18(17(14)23-11)27-9-8-24-19(25)12-4-2-3-5-13(12)20(24)26/h2-7,10H,8-9H2,1H3. The largest absolute Gasteiger partial charge is 0.488 e. The first-order valence-corrected chi connectivity index (χ1v) is 9.06. The highest BCUT2D eigenvalue weighted by molar-refractivity contribution is 6.39. The summed E-state index contributed by atoms with van der Waals surface area (Å²) in [5.41, 5.74) is 2.17. The second kappa shape index (κ2) is 6.83. The average molecular weight is 401 g/mol. The fourth-order valence-electron chi connectivity index (χ4n) is 3.11. The van der Waals surface area contributed by atoms with E-state index in [4.69, 9.17) is 27.9 Å². The molecule has 0 unspecified atom stereocenters. The van der Waals surface area contributed by atoms with Crippen molar-refractivity contribution in [2.45, 2.75) is 6.92 Å². The normalized spacial score (nSPS) is 13.4. The van der Waals surface area contributed by atoms with E-state index in [0.717, 1.165) is 11.1 Å². The number of amides is 2. The third-order valence-corrected chi connectivity index (χ3v) is 5.01. The molecule has 2 amide bonds. The van der Waals surface area contributed by atoms with Gasteiger partial charge in [0.1, 0.15) is 12.1 Å². The maximum absolute atomic E-state index is 12.4. The molecule has 4 rings (SSSR count). The molecule has 27 heavy (non-hydrogen) atoms. The van der Waals surface area contributed by atoms with E-state index in [1.807, 2.05) is 19.1 Å². The predicted molar refractivity (Wildman–Crippen MR) is 104 cm³/mol. The molecule has 7 heteroatoms. The molecule has 0 aliphatic carbocycles. The lowest BCUT2D eigenvalue weighted by molar-refractivity contribution is 0.0632. The predicted octanol–water partition coefficient (Wildman–Crippen LogP) is 4.53. The van der Waals surface area contributed by atoms with E-state index < -0.39 is 0 Å². The van der Waals surface area contributed by atoms with Crippen molar-refractivity contribution in [1.82, 2.24) is 9.88 Å². The molecule has 2 heterocycles. The Bertz CT molecular complexity index is 1060. The number of pyridine rings is 1. The van der Waals surface area contributed by atoms with E-state index in [1.54, 1.807) is 30.3 Å². The van der Waals surface area contributed by atoms with Gasteiger partial charge in [-0.1, -0.05) is 35.3 Å². The molecule has 3 aromatic rings. The number of halogens is 2. The molecule has 0 fully saturated rings. The van der Waals surface area contributed by atoms with Crippen LogP contribution < -0.4 is 4.74 Å². The lowest BCUT2D eigenvalue weighted by Gasteiger charge is -2.16. The Morgan fingerprint density at radius 3 is 2.33 bits per heavy atom. The minimum Gasteiger partial charge on any atom is -0.488 e. The van der Waals surface area contributed by atoms with Gasteiger partial charge in [0.15, 0.2) is 5.75 Å². The highest BCUT2D eigenvalue weighted by Crippen LogP contribution is 2.37. The molecule has 5 nitrogen and oxygen atoms in total. The number of nitrogens with zero attached hydrogens (tertiary/aromatic N) is 2. The summed E-state index contributed by atoms with van der Waals surface area (Å²) >= 11 is 12.5. The van der Waals surface area contributed by atoms with Gasteiger partial charge in [-0.15, -0.1) is 0 Å². The van der Waals surface area contributed by atoms with Crippen LogP contribution in [0.2, 0.25) is 10.0 Å². The first-order chi connectivity index (χ1) is 13.0. The monoisotopic (exact) mass is 400 g/mol. The molecule has 0 saturated carbocycles. The smallest absolute Gasteiger partial charge is 0.261 e. The van der Waals surface area contributed by atoms with Crippen LogP contribution in [0.15, 0.2) is 42.5 Å². The quantitative estimate of drug-likeness (QED) is 0.603. The van der Waals surface area contributed by atoms with Gasteiger partial charge in [-0.05, 0) is 37.3 Å². The van der Waals surface area contributed by atoms with Crippen LogP contribution in [-0.4, -0.2) is 34.8 Å². The number of aromatic nitrogens is 1. The minimum absolute atomic E-state index is 0.0948. The third kappa shape index (κ3) is 3.03. The number of carbonyl (C=O) groups excluding carboxylic acids is 2. The van der Waals surface area contributed by atoms with Crippen molar-refractivity contribution < 1.29 is 14.3 Å². The number of carbonyl (C=O) groups is 2. The molecule has 1 aliphatic rings. The second-order valence-electron chi connectivity index (χ2n) is 6.17. The number of hydrogen-bond donors (Lipinski definition) is 0. The summed E-state index contributed by atoms with van der Waals surface area (Å²) in [5, 5.41) is 1.53. The number of fused-ring (bicyclic) bond motifs is 2. The van der Waals surface area contributed by atoms with E-state index in [1.165, 1.54) is 4.90 Å². The van der Waals surface area contributed by atoms with Crippen LogP contribution in [0.1, 0.15) is 26.4 Å². The number of rotatable bonds is 4. The van der Waals surface area contributed by atoms with E-state index in [2.05, 4.69) is 4.98 Å². The Morgan fingerprint density at radius 2 is 1.67 bits per heavy atom. The molecule has 0 bridgehead atoms. The molecule has 2 aromatic carbocycles. The van der Waals surface area contributed by atoms with Crippen molar-refractivity contribution in [3.8, 4) is 5.75 Å². The highest BCUT2D eigenvalue weighted by Gasteiger charge is 2.34. The summed E-state index contributed by atoms with van der Waals surface area (Å²) in [5.74, 6) is -0.253. The molecule has 0 spiro atoms. The number of benzene rings is 2. The van der Waals surface area contributed by atoms with E-state index in [0.29, 0.717) is 32.4 Å². The van der Waals surface area contributed by atoms with Crippen LogP contribution in [-0.2, 0) is 0 Å². The summed E-state index contributed by atoms with van der Waals surface area (Å²) in [7, 11) is 0. The third-order valence-electron chi connectivity index (χ3n) is 4.42. The van der Waals surface area contributed by atoms with Crippen molar-refractivity contribution in [2.75, 3.05) is 13.2 Å². The van der Waals surface area contributed by atoms with Gasteiger partial charge in [-0.25, -0.2) is 4.98 Å². The van der Waals surface area contributed by atoms with Crippen molar-refractivity contribution in [3.63, 3.8) is 0 Å². The van der Waals surface area contributed by atoms with E-state index in [9.17, 15) is 9.59 Å². The molecule has 0 radical (unpaired) electrons. The van der Waals surface area contributed by atoms with Gasteiger partial charge in [0.25, 0.3) is 11.8 Å². The number of hydrogen-bond acceptors (Lipinski definition) is 4. The van der Waals surface area contributed by atoms with Gasteiger partial charge < -0.3 is 4.74 Å². The zero-order valence-electron chi connectivity index (χ0n) is 14.3. The molecule has 0 N–H and O–H groups in total. The van der Waals surface area contributed by atoms with Gasteiger partial charge in [-0.2, -0.15) is 0 Å². The maximum atomic E-state index is 12.4. The summed E-state index contributed by atoms with van der Waals surface area (Å²) < 4.78 is 5.82. The van der Waals surface area contributed by atoms with Crippen LogP contribution in [0.4, 0.5) is 0 Å². The number of imide groups is 1. The van der Waals surface area contributed by atoms with Gasteiger partial charge in [0.05, 0.1) is 27.7 Å². The average Bonchev–Trinajstić information content (AvgIpc) is 2.89. The fraction of sp³-hybridized carbons (Fsp3) is 0.150. The molecular formula is C20H14Cl2N2O3. The topological polar surface area (TPSA) is 59.5 Å². The second-order valence-corrected chi connectivity index (χ2v) is 6.99. The molecule has 0 saturated heterocycles. The Morgan fingerprint density at radius 1 is 1.00 bits per heavy atom. The summed E-state index contributed by atoms with van der Waals surface area (Å²) in [4.78, 5) is 30.5. The van der Waals surface area contributed by atoms with Crippen LogP contribution in [0.5, 0.6) is 5.75 Å². The van der Waals surface area contributed by atoms with E-state index in [-0.39, 0.29) is 25.0 Å². The lowest BCUT2D eigenvalue weighted by atomic mass is 10.1. The molecule has 1 aliphatic heterocycles. The van der Waals surface area contributed by atoms with Gasteiger partial charge in [-0.3, -0.25) is 14.5 Å². The first kappa shape index (κ1) is 17.8. The van der Waals surface area contributed by atoms with Crippen LogP contribution in [0, 0.1) is 6.92 Å². The summed E-state index contributed by atoms with van der Waals surface area (Å²) in [6.45, 7) is 2.06. The zero-order valence-corrected chi connectivity index (χ0v) is 15.8. The van der Waals surface area contributed by atoms with Crippen LogP contribution in [0.25, 0.3) is 10.9 Å². The number of ether oxygens (including phenoxy) is 1. The molecule has 1 aromatic heterocycles. The Labute approximate surface area is 165 Å². The summed E-state index contributed by atoms with van der Waals surface area (Å²) in [6.07, 6.45) is 0. The van der Waals surface area contributed by atoms with Crippen molar-refractivity contribution >= 4 is 45.9 Å². The molecular weight excluding hydrogens is 387 g/mol. The lowest BCUT2D eigenvalue weighted by Crippen LogP contribution is -2.33. The summed E-state index contributed by atoms with van der Waals surface area (Å²) in [6, 6.07) is 12.1. The zero-order chi connectivity index (χ0) is 19.1. The fourth-order valence-corrected chi connectivity index (χ4v) is 3.68. The van der Waals surface area contributed by atoms with Gasteiger partial charge >= 0.3 is 0 Å². The highest BCUT2D eigenvalue weighted by atomic mass is 35.5. The molecule has 0 atom stereocenters. The minimum atomic E-state index is -0.319. The Balaban J connectivity index is 1.56. The van der Waals surface area contributed by atoms with Crippen molar-refractivity contribution in [1.29, 1.82) is 0 Å². The first-order valence-electron chi connectivity index (χ1n) is 8.31. The van der Waals surface area contributed by atoms with Crippen molar-refractivity contribution in [3.05, 3.63) is 69.3 Å².